The van der Waals surface area contributed by atoms with Gasteiger partial charge in [-0.25, -0.2) is 0 Å². The van der Waals surface area contributed by atoms with Gasteiger partial charge in [-0.15, -0.1) is 0 Å². The van der Waals surface area contributed by atoms with Crippen LogP contribution in [0, 0.1) is 17.8 Å². The van der Waals surface area contributed by atoms with Crippen LogP contribution in [0.1, 0.15) is 19.8 Å². The number of ketones is 1. The third-order valence-corrected chi connectivity index (χ3v) is 2.80. The summed E-state index contributed by atoms with van der Waals surface area (Å²) < 4.78 is 0. The number of carbonyl (C=O) groups is 1. The molecule has 2 aliphatic rings. The molecule has 1 nitrogen and oxygen atoms in total. The highest BCUT2D eigenvalue weighted by Gasteiger charge is 2.37. The molecule has 0 spiro atoms. The first-order valence-corrected chi connectivity index (χ1v) is 3.96. The molecule has 0 heterocycles. The lowest BCUT2D eigenvalue weighted by Gasteiger charge is -2.13. The Hall–Kier alpha value is -0.590. The summed E-state index contributed by atoms with van der Waals surface area (Å²) in [4.78, 5) is 11.0. The number of fused-ring (bicyclic) bond motifs is 2. The van der Waals surface area contributed by atoms with E-state index in [0.717, 1.165) is 12.3 Å². The van der Waals surface area contributed by atoms with E-state index >= 15 is 0 Å². The second kappa shape index (κ2) is 1.94. The molecule has 2 rings (SSSR count). The zero-order valence-electron chi connectivity index (χ0n) is 6.21. The zero-order chi connectivity index (χ0) is 7.14. The molecular formula is C9H12O. The molecule has 10 heavy (non-hydrogen) atoms. The molecule has 0 N–H and O–H groups in total. The van der Waals surface area contributed by atoms with Gasteiger partial charge >= 0.3 is 0 Å². The van der Waals surface area contributed by atoms with Crippen molar-refractivity contribution in [3.63, 3.8) is 0 Å². The van der Waals surface area contributed by atoms with Crippen LogP contribution in [0.2, 0.25) is 0 Å². The number of allylic oxidation sites excluding steroid dienone is 2. The van der Waals surface area contributed by atoms with Crippen LogP contribution in [0.3, 0.4) is 0 Å². The summed E-state index contributed by atoms with van der Waals surface area (Å²) in [7, 11) is 0. The summed E-state index contributed by atoms with van der Waals surface area (Å²) in [6.45, 7) is 1.72. The topological polar surface area (TPSA) is 17.1 Å². The summed E-state index contributed by atoms with van der Waals surface area (Å²) in [6, 6.07) is 0. The summed E-state index contributed by atoms with van der Waals surface area (Å²) >= 11 is 0. The normalized spacial score (nSPS) is 42.7. The SMILES string of the molecule is CC(=O)[C@H]1C[C@H]2C=C[C@@H]1C2. The summed E-state index contributed by atoms with van der Waals surface area (Å²) in [6.07, 6.45) is 6.85. The van der Waals surface area contributed by atoms with Crippen LogP contribution in [-0.4, -0.2) is 5.78 Å². The summed E-state index contributed by atoms with van der Waals surface area (Å²) in [5.41, 5.74) is 0. The van der Waals surface area contributed by atoms with Crippen LogP contribution in [-0.2, 0) is 4.79 Å². The van der Waals surface area contributed by atoms with Crippen molar-refractivity contribution in [1.29, 1.82) is 0 Å². The van der Waals surface area contributed by atoms with Crippen molar-refractivity contribution in [3.8, 4) is 0 Å². The largest absolute Gasteiger partial charge is 0.300 e. The van der Waals surface area contributed by atoms with Crippen molar-refractivity contribution < 1.29 is 4.79 Å². The van der Waals surface area contributed by atoms with Crippen LogP contribution in [0.25, 0.3) is 0 Å². The van der Waals surface area contributed by atoms with Gasteiger partial charge in [0.2, 0.25) is 0 Å². The summed E-state index contributed by atoms with van der Waals surface area (Å²) in [5.74, 6) is 2.09. The Morgan fingerprint density at radius 1 is 1.40 bits per heavy atom. The van der Waals surface area contributed by atoms with Crippen molar-refractivity contribution in [2.75, 3.05) is 0 Å². The van der Waals surface area contributed by atoms with E-state index in [9.17, 15) is 4.79 Å². The van der Waals surface area contributed by atoms with Crippen molar-refractivity contribution >= 4 is 5.78 Å². The highest BCUT2D eigenvalue weighted by molar-refractivity contribution is 5.79. The van der Waals surface area contributed by atoms with E-state index in [-0.39, 0.29) is 0 Å². The Balaban J connectivity index is 2.16. The van der Waals surface area contributed by atoms with Gasteiger partial charge in [0, 0.05) is 5.92 Å². The van der Waals surface area contributed by atoms with Gasteiger partial charge in [0.15, 0.2) is 0 Å². The van der Waals surface area contributed by atoms with Crippen LogP contribution in [0.15, 0.2) is 12.2 Å². The maximum atomic E-state index is 11.0. The van der Waals surface area contributed by atoms with Crippen LogP contribution in [0.5, 0.6) is 0 Å². The Morgan fingerprint density at radius 3 is 2.50 bits per heavy atom. The van der Waals surface area contributed by atoms with E-state index in [1.54, 1.807) is 6.92 Å². The van der Waals surface area contributed by atoms with E-state index in [4.69, 9.17) is 0 Å². The third kappa shape index (κ3) is 0.731. The van der Waals surface area contributed by atoms with Crippen LogP contribution < -0.4 is 0 Å². The predicted octanol–water partition coefficient (Wildman–Crippen LogP) is 1.79. The third-order valence-electron chi connectivity index (χ3n) is 2.80. The standard InChI is InChI=1S/C9H12O/c1-6(10)9-5-7-2-3-8(9)4-7/h2-3,7-9H,4-5H2,1H3/t7-,8+,9+/m0/s1. The zero-order valence-corrected chi connectivity index (χ0v) is 6.21. The first kappa shape index (κ1) is 6.14. The Kier molecular flexibility index (Phi) is 1.19. The van der Waals surface area contributed by atoms with E-state index in [2.05, 4.69) is 12.2 Å². The van der Waals surface area contributed by atoms with Crippen LogP contribution >= 0.6 is 0 Å². The second-order valence-corrected chi connectivity index (χ2v) is 3.50. The minimum absolute atomic E-state index is 0.370. The monoisotopic (exact) mass is 136 g/mol. The molecule has 0 unspecified atom stereocenters. The molecule has 54 valence electrons. The van der Waals surface area contributed by atoms with Gasteiger partial charge < -0.3 is 0 Å². The molecular weight excluding hydrogens is 124 g/mol. The Bertz CT molecular complexity index is 193. The second-order valence-electron chi connectivity index (χ2n) is 3.50. The van der Waals surface area contributed by atoms with Crippen molar-refractivity contribution in [1.82, 2.24) is 0 Å². The molecule has 0 radical (unpaired) electrons. The van der Waals surface area contributed by atoms with E-state index in [1.165, 1.54) is 6.42 Å². The van der Waals surface area contributed by atoms with Gasteiger partial charge in [0.05, 0.1) is 0 Å². The van der Waals surface area contributed by atoms with Gasteiger partial charge in [0.25, 0.3) is 0 Å². The Labute approximate surface area is 61.1 Å². The fraction of sp³-hybridized carbons (Fsp3) is 0.667. The Morgan fingerprint density at radius 2 is 2.20 bits per heavy atom. The quantitative estimate of drug-likeness (QED) is 0.502. The molecule has 0 aromatic heterocycles. The molecule has 0 amide bonds. The molecule has 3 atom stereocenters. The number of hydrogen-bond acceptors (Lipinski definition) is 1. The smallest absolute Gasteiger partial charge is 0.133 e. The lowest BCUT2D eigenvalue weighted by molar-refractivity contribution is -0.121. The van der Waals surface area contributed by atoms with Gasteiger partial charge in [-0.1, -0.05) is 12.2 Å². The molecule has 1 saturated carbocycles. The minimum atomic E-state index is 0.370. The van der Waals surface area contributed by atoms with E-state index < -0.39 is 0 Å². The van der Waals surface area contributed by atoms with E-state index in [1.807, 2.05) is 0 Å². The van der Waals surface area contributed by atoms with Gasteiger partial charge in [0.1, 0.15) is 5.78 Å². The molecule has 0 aromatic rings. The lowest BCUT2D eigenvalue weighted by atomic mass is 9.90. The molecule has 0 saturated heterocycles. The number of Topliss-reactive ketones (excluding diaryl/α,β-unsaturated/α-hetero) is 1. The fourth-order valence-corrected chi connectivity index (χ4v) is 2.25. The highest BCUT2D eigenvalue weighted by Crippen LogP contribution is 2.43. The van der Waals surface area contributed by atoms with Gasteiger partial charge in [-0.3, -0.25) is 4.79 Å². The maximum Gasteiger partial charge on any atom is 0.133 e. The van der Waals surface area contributed by atoms with Crippen molar-refractivity contribution in [2.24, 2.45) is 17.8 Å². The lowest BCUT2D eigenvalue weighted by Crippen LogP contribution is -2.15. The number of hydrogen-bond donors (Lipinski definition) is 0. The molecule has 2 aliphatic carbocycles. The fourth-order valence-electron chi connectivity index (χ4n) is 2.25. The average Bonchev–Trinajstić information content (AvgIpc) is 2.44. The van der Waals surface area contributed by atoms with Crippen LogP contribution in [0.4, 0.5) is 0 Å². The highest BCUT2D eigenvalue weighted by atomic mass is 16.1. The number of rotatable bonds is 1. The average molecular weight is 136 g/mol. The van der Waals surface area contributed by atoms with Crippen molar-refractivity contribution in [2.45, 2.75) is 19.8 Å². The molecule has 0 aromatic carbocycles. The van der Waals surface area contributed by atoms with Gasteiger partial charge in [-0.05, 0) is 31.6 Å². The van der Waals surface area contributed by atoms with E-state index in [0.29, 0.717) is 17.6 Å². The minimum Gasteiger partial charge on any atom is -0.300 e. The maximum absolute atomic E-state index is 11.0. The molecule has 2 bridgehead atoms. The number of carbonyl (C=O) groups excluding carboxylic acids is 1. The first-order chi connectivity index (χ1) is 4.77. The molecule has 1 fully saturated rings. The molecule has 0 aliphatic heterocycles. The first-order valence-electron chi connectivity index (χ1n) is 3.96. The predicted molar refractivity (Wildman–Crippen MR) is 39.5 cm³/mol. The van der Waals surface area contributed by atoms with Crippen molar-refractivity contribution in [3.05, 3.63) is 12.2 Å². The molecule has 1 heteroatoms. The summed E-state index contributed by atoms with van der Waals surface area (Å²) in [5, 5.41) is 0. The van der Waals surface area contributed by atoms with Gasteiger partial charge in [-0.2, -0.15) is 0 Å².